The van der Waals surface area contributed by atoms with E-state index in [0.29, 0.717) is 18.9 Å². The molecule has 2 aliphatic rings. The summed E-state index contributed by atoms with van der Waals surface area (Å²) in [5, 5.41) is 24.0. The molecule has 0 aromatic heterocycles. The van der Waals surface area contributed by atoms with Crippen molar-refractivity contribution in [3.63, 3.8) is 0 Å². The van der Waals surface area contributed by atoms with Crippen LogP contribution in [0.5, 0.6) is 0 Å². The highest BCUT2D eigenvalue weighted by atomic mass is 16.4. The number of piperidine rings is 1. The van der Waals surface area contributed by atoms with Crippen molar-refractivity contribution in [3.8, 4) is 0 Å². The normalized spacial score (nSPS) is 19.9. The zero-order valence-corrected chi connectivity index (χ0v) is 21.2. The van der Waals surface area contributed by atoms with E-state index < -0.39 is 11.9 Å². The number of likely N-dealkylation sites (tertiary alicyclic amines) is 1. The van der Waals surface area contributed by atoms with Crippen LogP contribution in [0.15, 0.2) is 24.3 Å². The van der Waals surface area contributed by atoms with Crippen LogP contribution in [0.25, 0.3) is 0 Å². The van der Waals surface area contributed by atoms with Crippen LogP contribution in [0.1, 0.15) is 67.8 Å². The molecule has 1 aromatic carbocycles. The summed E-state index contributed by atoms with van der Waals surface area (Å²) in [5.74, 6) is -1.01. The summed E-state index contributed by atoms with van der Waals surface area (Å²) >= 11 is 0. The number of benzene rings is 1. The number of likely N-dealkylation sites (N-methyl/N-ethyl adjacent to an activating group) is 1. The molecule has 2 saturated heterocycles. The second-order valence-corrected chi connectivity index (χ2v) is 8.82. The lowest BCUT2D eigenvalue weighted by molar-refractivity contribution is -0.135. The third kappa shape index (κ3) is 11.8. The number of rotatable bonds is 6. The van der Waals surface area contributed by atoms with E-state index in [1.165, 1.54) is 5.56 Å². The van der Waals surface area contributed by atoms with Gasteiger partial charge in [-0.15, -0.1) is 0 Å². The molecule has 0 saturated carbocycles. The minimum atomic E-state index is -0.833. The number of amides is 2. The van der Waals surface area contributed by atoms with Gasteiger partial charge in [0.25, 0.3) is 17.8 Å². The lowest BCUT2D eigenvalue weighted by Gasteiger charge is -2.25. The Balaban J connectivity index is 0.000000668. The van der Waals surface area contributed by atoms with Gasteiger partial charge in [0.2, 0.25) is 5.91 Å². The molecule has 3 rings (SSSR count). The molecule has 1 aromatic rings. The van der Waals surface area contributed by atoms with Crippen LogP contribution in [-0.4, -0.2) is 84.7 Å². The standard InChI is InChI=1S/C21H32N4O2.2C2H4O2/c1-22-20(26)13-18-7-8-19(25(18)2)14-24-21(27)17-5-3-15(4-6-17)16-9-11-23-12-10-16;2*1-2(3)4/h3-6,16,18-19,23H,7-14H2,1-2H3,(H,22,26)(H,24,27);2*1H3,(H,3,4)/t18-,19+;;/m1../s1. The number of carbonyl (C=O) groups excluding carboxylic acids is 2. The predicted molar refractivity (Wildman–Crippen MR) is 133 cm³/mol. The monoisotopic (exact) mass is 492 g/mol. The average molecular weight is 493 g/mol. The van der Waals surface area contributed by atoms with Crippen molar-refractivity contribution in [2.75, 3.05) is 33.7 Å². The fourth-order valence-corrected chi connectivity index (χ4v) is 4.27. The van der Waals surface area contributed by atoms with Gasteiger partial charge in [-0.3, -0.25) is 24.1 Å². The molecule has 0 bridgehead atoms. The Morgan fingerprint density at radius 1 is 0.943 bits per heavy atom. The molecule has 2 atom stereocenters. The number of hydrogen-bond donors (Lipinski definition) is 5. The first kappa shape index (κ1) is 30.1. The first-order chi connectivity index (χ1) is 16.5. The highest BCUT2D eigenvalue weighted by molar-refractivity contribution is 5.94. The summed E-state index contributed by atoms with van der Waals surface area (Å²) in [6, 6.07) is 8.64. The largest absolute Gasteiger partial charge is 0.481 e. The van der Waals surface area contributed by atoms with Crippen LogP contribution in [-0.2, 0) is 14.4 Å². The molecule has 2 fully saturated rings. The third-order valence-electron chi connectivity index (χ3n) is 6.17. The van der Waals surface area contributed by atoms with E-state index in [1.54, 1.807) is 7.05 Å². The molecule has 0 unspecified atom stereocenters. The van der Waals surface area contributed by atoms with Gasteiger partial charge in [-0.2, -0.15) is 0 Å². The number of carboxylic acid groups (broad SMARTS) is 2. The van der Waals surface area contributed by atoms with Gasteiger partial charge < -0.3 is 26.2 Å². The molecule has 35 heavy (non-hydrogen) atoms. The molecule has 0 aliphatic carbocycles. The summed E-state index contributed by atoms with van der Waals surface area (Å²) < 4.78 is 0. The van der Waals surface area contributed by atoms with Gasteiger partial charge >= 0.3 is 0 Å². The van der Waals surface area contributed by atoms with Crippen LogP contribution >= 0.6 is 0 Å². The molecule has 5 N–H and O–H groups in total. The summed E-state index contributed by atoms with van der Waals surface area (Å²) in [6.07, 6.45) is 4.85. The van der Waals surface area contributed by atoms with Crippen molar-refractivity contribution in [3.05, 3.63) is 35.4 Å². The average Bonchev–Trinajstić information content (AvgIpc) is 3.16. The first-order valence-corrected chi connectivity index (χ1v) is 12.0. The lowest BCUT2D eigenvalue weighted by atomic mass is 9.90. The smallest absolute Gasteiger partial charge is 0.300 e. The zero-order valence-electron chi connectivity index (χ0n) is 21.2. The summed E-state index contributed by atoms with van der Waals surface area (Å²) in [6.45, 7) is 4.93. The van der Waals surface area contributed by atoms with E-state index >= 15 is 0 Å². The highest BCUT2D eigenvalue weighted by Gasteiger charge is 2.31. The maximum absolute atomic E-state index is 12.5. The van der Waals surface area contributed by atoms with Crippen molar-refractivity contribution in [2.45, 2.75) is 64.0 Å². The van der Waals surface area contributed by atoms with E-state index in [1.807, 2.05) is 19.2 Å². The van der Waals surface area contributed by atoms with Crippen molar-refractivity contribution in [1.82, 2.24) is 20.9 Å². The maximum atomic E-state index is 12.5. The Labute approximate surface area is 207 Å². The van der Waals surface area contributed by atoms with Crippen LogP contribution in [0.3, 0.4) is 0 Å². The van der Waals surface area contributed by atoms with Crippen molar-refractivity contribution < 1.29 is 29.4 Å². The first-order valence-electron chi connectivity index (χ1n) is 12.0. The number of carboxylic acids is 2. The topological polar surface area (TPSA) is 148 Å². The van der Waals surface area contributed by atoms with Crippen molar-refractivity contribution in [1.29, 1.82) is 0 Å². The van der Waals surface area contributed by atoms with Crippen LogP contribution in [0.4, 0.5) is 0 Å². The Hall–Kier alpha value is -2.98. The fraction of sp³-hybridized carbons (Fsp3) is 0.600. The molecule has 0 spiro atoms. The van der Waals surface area contributed by atoms with E-state index in [4.69, 9.17) is 19.8 Å². The second kappa shape index (κ2) is 15.8. The van der Waals surface area contributed by atoms with Gasteiger partial charge in [-0.1, -0.05) is 12.1 Å². The minimum Gasteiger partial charge on any atom is -0.481 e. The molecule has 196 valence electrons. The maximum Gasteiger partial charge on any atom is 0.300 e. The van der Waals surface area contributed by atoms with Gasteiger partial charge in [0.1, 0.15) is 0 Å². The molecule has 10 heteroatoms. The van der Waals surface area contributed by atoms with Crippen LogP contribution < -0.4 is 16.0 Å². The zero-order chi connectivity index (χ0) is 26.4. The Bertz CT molecular complexity index is 804. The summed E-state index contributed by atoms with van der Waals surface area (Å²) in [7, 11) is 3.72. The summed E-state index contributed by atoms with van der Waals surface area (Å²) in [4.78, 5) is 44.3. The predicted octanol–water partition coefficient (Wildman–Crippen LogP) is 1.66. The van der Waals surface area contributed by atoms with E-state index in [-0.39, 0.29) is 23.9 Å². The quantitative estimate of drug-likeness (QED) is 0.403. The fourth-order valence-electron chi connectivity index (χ4n) is 4.27. The van der Waals surface area contributed by atoms with Gasteiger partial charge in [0.05, 0.1) is 0 Å². The van der Waals surface area contributed by atoms with Crippen molar-refractivity contribution >= 4 is 23.8 Å². The van der Waals surface area contributed by atoms with E-state index in [2.05, 4.69) is 33.0 Å². The Morgan fingerprint density at radius 2 is 1.46 bits per heavy atom. The van der Waals surface area contributed by atoms with Gasteiger partial charge in [0.15, 0.2) is 0 Å². The van der Waals surface area contributed by atoms with Gasteiger partial charge in [0, 0.05) is 51.5 Å². The number of hydrogen-bond acceptors (Lipinski definition) is 6. The Kier molecular flexibility index (Phi) is 13.6. The number of carbonyl (C=O) groups is 4. The van der Waals surface area contributed by atoms with Crippen molar-refractivity contribution in [2.24, 2.45) is 0 Å². The van der Waals surface area contributed by atoms with Gasteiger partial charge in [-0.25, -0.2) is 0 Å². The third-order valence-corrected chi connectivity index (χ3v) is 6.17. The molecule has 2 aliphatic heterocycles. The summed E-state index contributed by atoms with van der Waals surface area (Å²) in [5.41, 5.74) is 2.05. The lowest BCUT2D eigenvalue weighted by Crippen LogP contribution is -2.42. The minimum absolute atomic E-state index is 0.0185. The molecule has 0 radical (unpaired) electrons. The number of aliphatic carboxylic acids is 2. The van der Waals surface area contributed by atoms with Crippen LogP contribution in [0.2, 0.25) is 0 Å². The number of nitrogens with one attached hydrogen (secondary N) is 3. The van der Waals surface area contributed by atoms with Crippen LogP contribution in [0, 0.1) is 0 Å². The SMILES string of the molecule is CC(=O)O.CC(=O)O.CNC(=O)C[C@H]1CC[C@@H](CNC(=O)c2ccc(C3CCNCC3)cc2)N1C. The van der Waals surface area contributed by atoms with Gasteiger partial charge in [-0.05, 0) is 69.4 Å². The highest BCUT2D eigenvalue weighted by Crippen LogP contribution is 2.26. The molecule has 10 nitrogen and oxygen atoms in total. The Morgan fingerprint density at radius 3 is 1.97 bits per heavy atom. The second-order valence-electron chi connectivity index (χ2n) is 8.82. The molecule has 2 heterocycles. The van der Waals surface area contributed by atoms with E-state index in [0.717, 1.165) is 58.2 Å². The molecule has 2 amide bonds. The number of nitrogens with zero attached hydrogens (tertiary/aromatic N) is 1. The van der Waals surface area contributed by atoms with E-state index in [9.17, 15) is 9.59 Å². The molecular weight excluding hydrogens is 452 g/mol. The molecular formula is C25H40N4O6.